The first-order valence-corrected chi connectivity index (χ1v) is 8.51. The van der Waals surface area contributed by atoms with Crippen molar-refractivity contribution in [3.63, 3.8) is 0 Å². The minimum Gasteiger partial charge on any atom is -0.458 e. The summed E-state index contributed by atoms with van der Waals surface area (Å²) in [6.07, 6.45) is 13.7. The van der Waals surface area contributed by atoms with Gasteiger partial charge >= 0.3 is 5.97 Å². The summed E-state index contributed by atoms with van der Waals surface area (Å²) in [5, 5.41) is 8.91. The van der Waals surface area contributed by atoms with Gasteiger partial charge in [-0.05, 0) is 13.3 Å². The summed E-state index contributed by atoms with van der Waals surface area (Å²) in [4.78, 5) is 15.1. The van der Waals surface area contributed by atoms with Crippen molar-refractivity contribution in [3.8, 4) is 0 Å². The molecule has 21 heavy (non-hydrogen) atoms. The van der Waals surface area contributed by atoms with Crippen LogP contribution in [0.2, 0.25) is 0 Å². The number of aliphatic hydroxyl groups is 1. The number of rotatable bonds is 14. The molecule has 0 aliphatic rings. The quantitative estimate of drug-likeness (QED) is 0.300. The van der Waals surface area contributed by atoms with E-state index in [4.69, 9.17) is 9.84 Å². The molecule has 4 nitrogen and oxygen atoms in total. The van der Waals surface area contributed by atoms with Crippen molar-refractivity contribution in [2.45, 2.75) is 84.2 Å². The number of unbranched alkanes of at least 4 members (excludes halogenated alkanes) is 9. The second kappa shape index (κ2) is 15.5. The molecule has 1 N–H and O–H groups in total. The lowest BCUT2D eigenvalue weighted by Crippen LogP contribution is -2.20. The molecule has 0 aromatic heterocycles. The Morgan fingerprint density at radius 3 is 2.10 bits per heavy atom. The highest BCUT2D eigenvalue weighted by molar-refractivity contribution is 5.75. The molecule has 0 radical (unpaired) electrons. The Morgan fingerprint density at radius 1 is 1.05 bits per heavy atom. The molecule has 0 heterocycles. The second-order valence-corrected chi connectivity index (χ2v) is 5.58. The molecule has 4 heteroatoms. The van der Waals surface area contributed by atoms with E-state index in [2.05, 4.69) is 11.9 Å². The van der Waals surface area contributed by atoms with Crippen molar-refractivity contribution in [1.82, 2.24) is 0 Å². The zero-order valence-electron chi connectivity index (χ0n) is 13.9. The molecule has 0 spiro atoms. The average Bonchev–Trinajstić information content (AvgIpc) is 2.47. The smallest absolute Gasteiger partial charge is 0.335 e. The van der Waals surface area contributed by atoms with Gasteiger partial charge in [0.15, 0.2) is 0 Å². The molecule has 0 saturated carbocycles. The lowest BCUT2D eigenvalue weighted by molar-refractivity contribution is -0.150. The highest BCUT2D eigenvalue weighted by Crippen LogP contribution is 2.10. The SMILES string of the molecule is CCCCCCCCCCCCN=CCOC(=O)C(C)O. The van der Waals surface area contributed by atoms with E-state index in [1.807, 2.05) is 0 Å². The van der Waals surface area contributed by atoms with Crippen LogP contribution in [0.1, 0.15) is 78.1 Å². The van der Waals surface area contributed by atoms with Crippen LogP contribution in [0.4, 0.5) is 0 Å². The van der Waals surface area contributed by atoms with Gasteiger partial charge in [-0.25, -0.2) is 4.79 Å². The van der Waals surface area contributed by atoms with E-state index in [1.54, 1.807) is 6.21 Å². The number of ether oxygens (including phenoxy) is 1. The molecule has 1 unspecified atom stereocenters. The van der Waals surface area contributed by atoms with Crippen molar-refractivity contribution in [3.05, 3.63) is 0 Å². The van der Waals surface area contributed by atoms with E-state index in [0.717, 1.165) is 13.0 Å². The summed E-state index contributed by atoms with van der Waals surface area (Å²) in [6, 6.07) is 0. The van der Waals surface area contributed by atoms with E-state index in [1.165, 1.54) is 64.7 Å². The second-order valence-electron chi connectivity index (χ2n) is 5.58. The molecule has 124 valence electrons. The zero-order valence-corrected chi connectivity index (χ0v) is 13.9. The van der Waals surface area contributed by atoms with Crippen LogP contribution < -0.4 is 0 Å². The molecule has 0 bridgehead atoms. The minimum absolute atomic E-state index is 0.154. The maximum absolute atomic E-state index is 10.9. The van der Waals surface area contributed by atoms with Crippen molar-refractivity contribution in [1.29, 1.82) is 0 Å². The third-order valence-corrected chi connectivity index (χ3v) is 3.41. The summed E-state index contributed by atoms with van der Waals surface area (Å²) < 4.78 is 4.77. The maximum atomic E-state index is 10.9. The molecule has 0 aliphatic heterocycles. The number of carbonyl (C=O) groups is 1. The fourth-order valence-corrected chi connectivity index (χ4v) is 2.07. The zero-order chi connectivity index (χ0) is 15.8. The molecule has 0 aliphatic carbocycles. The first-order chi connectivity index (χ1) is 10.2. The average molecular weight is 299 g/mol. The molecule has 1 atom stereocenters. The monoisotopic (exact) mass is 299 g/mol. The van der Waals surface area contributed by atoms with Gasteiger partial charge in [0.1, 0.15) is 12.7 Å². The highest BCUT2D eigenvalue weighted by atomic mass is 16.5. The predicted octanol–water partition coefficient (Wildman–Crippen LogP) is 3.90. The van der Waals surface area contributed by atoms with Crippen LogP contribution in [0.3, 0.4) is 0 Å². The molecule has 0 aromatic carbocycles. The van der Waals surface area contributed by atoms with Gasteiger partial charge in [-0.2, -0.15) is 0 Å². The Hall–Kier alpha value is -0.900. The lowest BCUT2D eigenvalue weighted by Gasteiger charge is -2.03. The molecule has 0 fully saturated rings. The van der Waals surface area contributed by atoms with Crippen LogP contribution in [0, 0.1) is 0 Å². The van der Waals surface area contributed by atoms with Gasteiger partial charge in [0.25, 0.3) is 0 Å². The van der Waals surface area contributed by atoms with E-state index in [-0.39, 0.29) is 6.61 Å². The standard InChI is InChI=1S/C17H33NO3/c1-3-4-5-6-7-8-9-10-11-12-13-18-14-15-21-17(20)16(2)19/h14,16,19H,3-13,15H2,1-2H3. The molecular weight excluding hydrogens is 266 g/mol. The van der Waals surface area contributed by atoms with Crippen LogP contribution in [0.25, 0.3) is 0 Å². The van der Waals surface area contributed by atoms with Gasteiger partial charge in [-0.1, -0.05) is 64.7 Å². The largest absolute Gasteiger partial charge is 0.458 e. The Bertz CT molecular complexity index is 265. The van der Waals surface area contributed by atoms with Gasteiger partial charge in [0.05, 0.1) is 0 Å². The number of hydrogen-bond acceptors (Lipinski definition) is 4. The van der Waals surface area contributed by atoms with Crippen LogP contribution in [-0.4, -0.2) is 36.5 Å². The number of carbonyl (C=O) groups excluding carboxylic acids is 1. The number of aliphatic imine (C=N–C) groups is 1. The Kier molecular flexibility index (Phi) is 14.8. The lowest BCUT2D eigenvalue weighted by atomic mass is 10.1. The molecule has 0 rings (SSSR count). The summed E-state index contributed by atoms with van der Waals surface area (Å²) in [6.45, 7) is 4.59. The van der Waals surface area contributed by atoms with Crippen molar-refractivity contribution in [2.75, 3.05) is 13.2 Å². The topological polar surface area (TPSA) is 58.9 Å². The van der Waals surface area contributed by atoms with E-state index >= 15 is 0 Å². The van der Waals surface area contributed by atoms with Gasteiger partial charge in [0, 0.05) is 12.8 Å². The molecular formula is C17H33NO3. The summed E-state index contributed by atoms with van der Waals surface area (Å²) in [5.41, 5.74) is 0. The van der Waals surface area contributed by atoms with Crippen LogP contribution in [0.5, 0.6) is 0 Å². The third kappa shape index (κ3) is 15.3. The van der Waals surface area contributed by atoms with Gasteiger partial charge < -0.3 is 9.84 Å². The first kappa shape index (κ1) is 20.1. The fraction of sp³-hybridized carbons (Fsp3) is 0.882. The van der Waals surface area contributed by atoms with E-state index < -0.39 is 12.1 Å². The Labute approximate surface area is 130 Å². The van der Waals surface area contributed by atoms with E-state index in [9.17, 15) is 4.79 Å². The first-order valence-electron chi connectivity index (χ1n) is 8.51. The predicted molar refractivity (Wildman–Crippen MR) is 87.8 cm³/mol. The number of nitrogens with zero attached hydrogens (tertiary/aromatic N) is 1. The van der Waals surface area contributed by atoms with Crippen molar-refractivity contribution >= 4 is 12.2 Å². The normalized spacial score (nSPS) is 12.7. The van der Waals surface area contributed by atoms with Gasteiger partial charge in [-0.3, -0.25) is 4.99 Å². The van der Waals surface area contributed by atoms with Crippen molar-refractivity contribution in [2.24, 2.45) is 4.99 Å². The fourth-order valence-electron chi connectivity index (χ4n) is 2.07. The number of esters is 1. The summed E-state index contributed by atoms with van der Waals surface area (Å²) >= 11 is 0. The number of hydrogen-bond donors (Lipinski definition) is 1. The third-order valence-electron chi connectivity index (χ3n) is 3.41. The summed E-state index contributed by atoms with van der Waals surface area (Å²) in [5.74, 6) is -0.597. The van der Waals surface area contributed by atoms with Crippen LogP contribution in [-0.2, 0) is 9.53 Å². The van der Waals surface area contributed by atoms with Crippen molar-refractivity contribution < 1.29 is 14.6 Å². The Morgan fingerprint density at radius 2 is 1.57 bits per heavy atom. The van der Waals surface area contributed by atoms with Crippen LogP contribution in [0.15, 0.2) is 4.99 Å². The number of aliphatic hydroxyl groups excluding tert-OH is 1. The minimum atomic E-state index is -1.06. The van der Waals surface area contributed by atoms with Gasteiger partial charge in [0.2, 0.25) is 0 Å². The van der Waals surface area contributed by atoms with E-state index in [0.29, 0.717) is 0 Å². The molecule has 0 aromatic rings. The highest BCUT2D eigenvalue weighted by Gasteiger charge is 2.08. The van der Waals surface area contributed by atoms with Gasteiger partial charge in [-0.15, -0.1) is 0 Å². The maximum Gasteiger partial charge on any atom is 0.335 e. The van der Waals surface area contributed by atoms with Crippen LogP contribution >= 0.6 is 0 Å². The molecule has 0 saturated heterocycles. The summed E-state index contributed by atoms with van der Waals surface area (Å²) in [7, 11) is 0. The molecule has 0 amide bonds. The Balaban J connectivity index is 3.16.